The van der Waals surface area contributed by atoms with E-state index in [0.29, 0.717) is 0 Å². The molecule has 1 fully saturated rings. The molecule has 2 aliphatic heterocycles. The molecule has 0 radical (unpaired) electrons. The van der Waals surface area contributed by atoms with Crippen LogP contribution in [0.3, 0.4) is 0 Å². The van der Waals surface area contributed by atoms with Crippen molar-refractivity contribution in [1.82, 2.24) is 0 Å². The number of rotatable bonds is 0. The molecule has 0 amide bonds. The SMILES string of the molecule is FC1=C(F)OC2(O1)C(F)(F)OC(F)(F)OC(F)(F)C2(F)F. The molecule has 0 aromatic heterocycles. The van der Waals surface area contributed by atoms with Gasteiger partial charge in [0.25, 0.3) is 0 Å². The van der Waals surface area contributed by atoms with E-state index in [1.54, 1.807) is 0 Å². The maximum Gasteiger partial charge on any atom is 0.495 e. The molecule has 0 aromatic carbocycles. The maximum atomic E-state index is 13.4. The van der Waals surface area contributed by atoms with E-state index < -0.39 is 42.2 Å². The van der Waals surface area contributed by atoms with Crippen molar-refractivity contribution >= 4 is 0 Å². The Morgan fingerprint density at radius 2 is 1.00 bits per heavy atom. The molecule has 4 nitrogen and oxygen atoms in total. The van der Waals surface area contributed by atoms with Crippen molar-refractivity contribution in [2.24, 2.45) is 0 Å². The molecule has 122 valence electrons. The summed E-state index contributed by atoms with van der Waals surface area (Å²) in [5.41, 5.74) is 0. The first-order chi connectivity index (χ1) is 9.18. The van der Waals surface area contributed by atoms with Crippen LogP contribution >= 0.6 is 0 Å². The fourth-order valence-electron chi connectivity index (χ4n) is 1.43. The average molecular weight is 338 g/mol. The van der Waals surface area contributed by atoms with Gasteiger partial charge in [-0.15, -0.1) is 8.78 Å². The van der Waals surface area contributed by atoms with Gasteiger partial charge in [-0.2, -0.15) is 35.1 Å². The van der Waals surface area contributed by atoms with Crippen LogP contribution in [0, 0.1) is 0 Å². The lowest BCUT2D eigenvalue weighted by molar-refractivity contribution is -0.511. The predicted molar refractivity (Wildman–Crippen MR) is 36.1 cm³/mol. The Bertz CT molecular complexity index is 486. The van der Waals surface area contributed by atoms with Crippen molar-refractivity contribution in [2.45, 2.75) is 30.2 Å². The summed E-state index contributed by atoms with van der Waals surface area (Å²) in [6.07, 6.45) is -18.5. The summed E-state index contributed by atoms with van der Waals surface area (Å²) in [5.74, 6) is -12.1. The van der Waals surface area contributed by atoms with Crippen molar-refractivity contribution in [1.29, 1.82) is 0 Å². The first-order valence-corrected chi connectivity index (χ1v) is 4.52. The Morgan fingerprint density at radius 1 is 0.619 bits per heavy atom. The van der Waals surface area contributed by atoms with Gasteiger partial charge in [0.2, 0.25) is 0 Å². The maximum absolute atomic E-state index is 13.4. The Balaban J connectivity index is 2.65. The van der Waals surface area contributed by atoms with Crippen LogP contribution < -0.4 is 0 Å². The molecule has 14 heteroatoms. The van der Waals surface area contributed by atoms with Gasteiger partial charge in [-0.1, -0.05) is 0 Å². The van der Waals surface area contributed by atoms with E-state index in [0.717, 1.165) is 0 Å². The van der Waals surface area contributed by atoms with Gasteiger partial charge in [0.15, 0.2) is 0 Å². The van der Waals surface area contributed by atoms with Crippen LogP contribution in [0.1, 0.15) is 0 Å². The summed E-state index contributed by atoms with van der Waals surface area (Å²) < 4.78 is 140. The molecule has 2 heterocycles. The summed E-state index contributed by atoms with van der Waals surface area (Å²) >= 11 is 0. The van der Waals surface area contributed by atoms with Gasteiger partial charge < -0.3 is 9.47 Å². The zero-order chi connectivity index (χ0) is 16.5. The molecular formula is C7F10O4. The van der Waals surface area contributed by atoms with E-state index in [4.69, 9.17) is 0 Å². The van der Waals surface area contributed by atoms with Crippen molar-refractivity contribution < 1.29 is 62.9 Å². The molecule has 1 saturated heterocycles. The molecule has 0 atom stereocenters. The van der Waals surface area contributed by atoms with Gasteiger partial charge in [0.1, 0.15) is 0 Å². The predicted octanol–water partition coefficient (Wildman–Crippen LogP) is 3.21. The van der Waals surface area contributed by atoms with Crippen molar-refractivity contribution in [3.05, 3.63) is 12.0 Å². The Labute approximate surface area is 106 Å². The molecule has 0 aromatic rings. The molecule has 2 aliphatic rings. The lowest BCUT2D eigenvalue weighted by Crippen LogP contribution is -2.67. The van der Waals surface area contributed by atoms with E-state index in [2.05, 4.69) is 18.9 Å². The van der Waals surface area contributed by atoms with Gasteiger partial charge in [-0.3, -0.25) is 0 Å². The monoisotopic (exact) mass is 338 g/mol. The second-order valence-electron chi connectivity index (χ2n) is 3.64. The third-order valence-corrected chi connectivity index (χ3v) is 2.28. The average Bonchev–Trinajstić information content (AvgIpc) is 2.51. The molecule has 2 rings (SSSR count). The normalized spacial score (nSPS) is 31.5. The van der Waals surface area contributed by atoms with Crippen molar-refractivity contribution in [3.8, 4) is 0 Å². The van der Waals surface area contributed by atoms with Crippen LogP contribution in [-0.4, -0.2) is 30.2 Å². The van der Waals surface area contributed by atoms with Gasteiger partial charge in [0, 0.05) is 0 Å². The Hall–Kier alpha value is -1.44. The van der Waals surface area contributed by atoms with Crippen LogP contribution in [0.15, 0.2) is 12.0 Å². The van der Waals surface area contributed by atoms with Gasteiger partial charge in [-0.25, -0.2) is 9.47 Å². The first-order valence-electron chi connectivity index (χ1n) is 4.52. The highest BCUT2D eigenvalue weighted by atomic mass is 19.3. The fraction of sp³-hybridized carbons (Fsp3) is 0.714. The smallest absolute Gasteiger partial charge is 0.410 e. The van der Waals surface area contributed by atoms with Crippen LogP contribution in [0.4, 0.5) is 43.9 Å². The molecular weight excluding hydrogens is 338 g/mol. The number of hydrogen-bond acceptors (Lipinski definition) is 4. The molecule has 0 N–H and O–H groups in total. The van der Waals surface area contributed by atoms with E-state index in [1.165, 1.54) is 0 Å². The first kappa shape index (κ1) is 15.9. The Morgan fingerprint density at radius 3 is 1.43 bits per heavy atom. The largest absolute Gasteiger partial charge is 0.495 e. The molecule has 0 aliphatic carbocycles. The highest BCUT2D eigenvalue weighted by Crippen LogP contribution is 2.61. The number of halogens is 10. The quantitative estimate of drug-likeness (QED) is 0.636. The zero-order valence-electron chi connectivity index (χ0n) is 8.91. The van der Waals surface area contributed by atoms with Gasteiger partial charge in [-0.05, 0) is 0 Å². The minimum atomic E-state index is -6.49. The van der Waals surface area contributed by atoms with E-state index in [1.807, 2.05) is 0 Å². The highest BCUT2D eigenvalue weighted by molar-refractivity contribution is 5.09. The minimum absolute atomic E-state index is 2.15. The van der Waals surface area contributed by atoms with Crippen LogP contribution in [0.25, 0.3) is 0 Å². The summed E-state index contributed by atoms with van der Waals surface area (Å²) in [6, 6.07) is -5.81. The summed E-state index contributed by atoms with van der Waals surface area (Å²) in [6.45, 7) is 0. The highest BCUT2D eigenvalue weighted by Gasteiger charge is 2.91. The number of hydrogen-bond donors (Lipinski definition) is 0. The molecule has 1 spiro atoms. The standard InChI is InChI=1S/C7F10O4/c8-1-2(9)19-4(18-1)3(10,11)5(12,13)20-7(16,17)21-6(4,14)15. The van der Waals surface area contributed by atoms with Crippen molar-refractivity contribution in [3.63, 3.8) is 0 Å². The van der Waals surface area contributed by atoms with Crippen LogP contribution in [-0.2, 0) is 18.9 Å². The zero-order valence-corrected chi connectivity index (χ0v) is 8.91. The van der Waals surface area contributed by atoms with Gasteiger partial charge >= 0.3 is 42.2 Å². The number of alkyl halides is 8. The lowest BCUT2D eigenvalue weighted by atomic mass is 10.1. The third-order valence-electron chi connectivity index (χ3n) is 2.28. The Kier molecular flexibility index (Phi) is 2.92. The van der Waals surface area contributed by atoms with E-state index in [9.17, 15) is 43.9 Å². The summed E-state index contributed by atoms with van der Waals surface area (Å²) in [4.78, 5) is 0. The van der Waals surface area contributed by atoms with E-state index >= 15 is 0 Å². The number of ether oxygens (including phenoxy) is 4. The molecule has 0 unspecified atom stereocenters. The lowest BCUT2D eigenvalue weighted by Gasteiger charge is -2.36. The van der Waals surface area contributed by atoms with Crippen LogP contribution in [0.2, 0.25) is 0 Å². The third kappa shape index (κ3) is 1.91. The van der Waals surface area contributed by atoms with Crippen molar-refractivity contribution in [2.75, 3.05) is 0 Å². The minimum Gasteiger partial charge on any atom is -0.410 e. The molecule has 0 bridgehead atoms. The fourth-order valence-corrected chi connectivity index (χ4v) is 1.43. The van der Waals surface area contributed by atoms with E-state index in [-0.39, 0.29) is 0 Å². The topological polar surface area (TPSA) is 36.9 Å². The summed E-state index contributed by atoms with van der Waals surface area (Å²) in [7, 11) is 0. The molecule has 0 saturated carbocycles. The van der Waals surface area contributed by atoms with Gasteiger partial charge in [0.05, 0.1) is 0 Å². The summed E-state index contributed by atoms with van der Waals surface area (Å²) in [5, 5.41) is 0. The second-order valence-corrected chi connectivity index (χ2v) is 3.64. The van der Waals surface area contributed by atoms with Crippen LogP contribution in [0.5, 0.6) is 0 Å². The second kappa shape index (κ2) is 3.85. The molecule has 21 heavy (non-hydrogen) atoms.